The highest BCUT2D eigenvalue weighted by molar-refractivity contribution is 5.98. The molecule has 16 heteroatoms. The van der Waals surface area contributed by atoms with Crippen LogP contribution in [0.15, 0.2) is 84.0 Å². The molecule has 5 rings (SSSR count). The summed E-state index contributed by atoms with van der Waals surface area (Å²) in [6, 6.07) is 19.0. The number of carbonyl (C=O) groups excluding carboxylic acids is 6. The lowest BCUT2D eigenvalue weighted by Gasteiger charge is -2.39. The number of aromatic nitrogens is 1. The predicted octanol–water partition coefficient (Wildman–Crippen LogP) is 1.86. The molecule has 0 unspecified atom stereocenters. The van der Waals surface area contributed by atoms with Crippen molar-refractivity contribution < 1.29 is 28.8 Å². The summed E-state index contributed by atoms with van der Waals surface area (Å²) in [6.45, 7) is 3.76. The van der Waals surface area contributed by atoms with E-state index >= 15 is 0 Å². The van der Waals surface area contributed by atoms with Crippen molar-refractivity contribution in [3.8, 4) is 0 Å². The minimum absolute atomic E-state index is 0.0383. The van der Waals surface area contributed by atoms with E-state index in [1.165, 1.54) is 11.1 Å². The summed E-state index contributed by atoms with van der Waals surface area (Å²) >= 11 is 0. The Morgan fingerprint density at radius 2 is 1.48 bits per heavy atom. The lowest BCUT2D eigenvalue weighted by Crippen LogP contribution is -2.65. The van der Waals surface area contributed by atoms with E-state index < -0.39 is 59.7 Å². The molecule has 0 spiro atoms. The van der Waals surface area contributed by atoms with Gasteiger partial charge in [0.15, 0.2) is 5.96 Å². The van der Waals surface area contributed by atoms with Crippen LogP contribution in [0.2, 0.25) is 0 Å². The Morgan fingerprint density at radius 1 is 0.774 bits per heavy atom. The standard InChI is InChI=1S/C46H60N10O6/c1-3-5-20-40(58)56-46(22-21-33-30(4-2)15-11-16-31(33)26-46)44(62)55-37(24-29-13-7-6-8-14-29)43(61)53-36(19-12-23-50-45(48)49)42(60)54-38(41(59)52-28-39(47)57)25-32-27-51-35-18-10-9-17-34(32)35/h6-11,13-18,27,36-38,51H,3-5,12,19-26,28H2,1-2H3,(H2,47,57)(H,52,59)(H,53,61)(H,54,60)(H,55,62)(H,56,58)(H4,48,49,50)/t36-,37+,38-,46+/m0/s1. The number of hydrogen-bond acceptors (Lipinski definition) is 7. The molecular formula is C46H60N10O6. The highest BCUT2D eigenvalue weighted by Gasteiger charge is 2.44. The van der Waals surface area contributed by atoms with Gasteiger partial charge in [-0.25, -0.2) is 0 Å². The van der Waals surface area contributed by atoms with E-state index in [9.17, 15) is 28.8 Å². The highest BCUT2D eigenvalue weighted by atomic mass is 16.2. The third-order valence-corrected chi connectivity index (χ3v) is 11.3. The third-order valence-electron chi connectivity index (χ3n) is 11.3. The number of rotatable bonds is 22. The van der Waals surface area contributed by atoms with Gasteiger partial charge in [-0.2, -0.15) is 0 Å². The van der Waals surface area contributed by atoms with E-state index in [0.717, 1.165) is 40.4 Å². The molecule has 12 N–H and O–H groups in total. The Bertz CT molecular complexity index is 2240. The highest BCUT2D eigenvalue weighted by Crippen LogP contribution is 2.32. The summed E-state index contributed by atoms with van der Waals surface area (Å²) in [4.78, 5) is 89.4. The number of para-hydroxylation sites is 1. The number of fused-ring (bicyclic) bond motifs is 2. The zero-order valence-electron chi connectivity index (χ0n) is 35.6. The molecule has 0 radical (unpaired) electrons. The van der Waals surface area contributed by atoms with Gasteiger partial charge >= 0.3 is 0 Å². The fourth-order valence-electron chi connectivity index (χ4n) is 7.98. The van der Waals surface area contributed by atoms with Crippen molar-refractivity contribution in [1.29, 1.82) is 0 Å². The van der Waals surface area contributed by atoms with Gasteiger partial charge in [0, 0.05) is 49.3 Å². The number of primary amides is 1. The summed E-state index contributed by atoms with van der Waals surface area (Å²) in [5, 5.41) is 15.0. The Labute approximate surface area is 362 Å². The number of amides is 6. The van der Waals surface area contributed by atoms with Gasteiger partial charge in [-0.1, -0.05) is 87.0 Å². The Morgan fingerprint density at radius 3 is 2.21 bits per heavy atom. The first-order chi connectivity index (χ1) is 29.8. The van der Waals surface area contributed by atoms with Gasteiger partial charge in [-0.05, 0) is 72.4 Å². The van der Waals surface area contributed by atoms with Crippen LogP contribution in [-0.4, -0.2) is 83.1 Å². The zero-order valence-corrected chi connectivity index (χ0v) is 35.6. The minimum Gasteiger partial charge on any atom is -0.370 e. The van der Waals surface area contributed by atoms with Gasteiger partial charge in [0.1, 0.15) is 23.7 Å². The number of aromatic amines is 1. The summed E-state index contributed by atoms with van der Waals surface area (Å²) in [6.07, 6.45) is 5.81. The molecule has 3 aromatic carbocycles. The molecule has 16 nitrogen and oxygen atoms in total. The monoisotopic (exact) mass is 848 g/mol. The van der Waals surface area contributed by atoms with Crippen LogP contribution < -0.4 is 43.8 Å². The summed E-state index contributed by atoms with van der Waals surface area (Å²) < 4.78 is 0. The maximum Gasteiger partial charge on any atom is 0.246 e. The van der Waals surface area contributed by atoms with E-state index in [1.54, 1.807) is 6.20 Å². The first-order valence-corrected chi connectivity index (χ1v) is 21.3. The van der Waals surface area contributed by atoms with Gasteiger partial charge in [0.25, 0.3) is 0 Å². The first kappa shape index (κ1) is 46.4. The SMILES string of the molecule is CCCCC(=O)N[C@]1(C(=O)N[C@H](Cc2ccccc2)C(=O)N[C@@H](CCCN=C(N)N)C(=O)N[C@@H](Cc2c[nH]c3ccccc23)C(=O)NCC(N)=O)CCc2c(CC)cccc2C1. The lowest BCUT2D eigenvalue weighted by molar-refractivity contribution is -0.137. The van der Waals surface area contributed by atoms with E-state index in [4.69, 9.17) is 17.2 Å². The summed E-state index contributed by atoms with van der Waals surface area (Å²) in [5.41, 5.74) is 20.7. The Balaban J connectivity index is 1.44. The predicted molar refractivity (Wildman–Crippen MR) is 238 cm³/mol. The first-order valence-electron chi connectivity index (χ1n) is 21.3. The quantitative estimate of drug-likeness (QED) is 0.0319. The van der Waals surface area contributed by atoms with Crippen molar-refractivity contribution >= 4 is 52.3 Å². The molecule has 1 aliphatic rings. The molecule has 0 aliphatic heterocycles. The topological polar surface area (TPSA) is 269 Å². The molecule has 4 atom stereocenters. The molecule has 4 aromatic rings. The van der Waals surface area contributed by atoms with Crippen LogP contribution in [0.4, 0.5) is 0 Å². The van der Waals surface area contributed by atoms with Crippen molar-refractivity contribution in [3.63, 3.8) is 0 Å². The summed E-state index contributed by atoms with van der Waals surface area (Å²) in [7, 11) is 0. The maximum atomic E-state index is 14.8. The maximum absolute atomic E-state index is 14.8. The fraction of sp³-hybridized carbons (Fsp3) is 0.413. The van der Waals surface area contributed by atoms with E-state index in [0.29, 0.717) is 19.3 Å². The van der Waals surface area contributed by atoms with Crippen molar-refractivity contribution in [1.82, 2.24) is 31.6 Å². The number of carbonyl (C=O) groups is 6. The summed E-state index contributed by atoms with van der Waals surface area (Å²) in [5.74, 6) is -3.68. The number of nitrogens with one attached hydrogen (secondary N) is 6. The smallest absolute Gasteiger partial charge is 0.246 e. The number of nitrogens with two attached hydrogens (primary N) is 3. The molecule has 0 bridgehead atoms. The number of aryl methyl sites for hydroxylation is 1. The molecule has 62 heavy (non-hydrogen) atoms. The molecular weight excluding hydrogens is 789 g/mol. The van der Waals surface area contributed by atoms with Gasteiger partial charge in [0.05, 0.1) is 6.54 Å². The van der Waals surface area contributed by atoms with E-state index in [1.807, 2.05) is 73.7 Å². The second-order valence-electron chi connectivity index (χ2n) is 15.9. The van der Waals surface area contributed by atoms with Crippen LogP contribution in [0.3, 0.4) is 0 Å². The molecule has 1 aromatic heterocycles. The largest absolute Gasteiger partial charge is 0.370 e. The minimum atomic E-state index is -1.34. The second kappa shape index (κ2) is 22.2. The molecule has 0 saturated heterocycles. The van der Waals surface area contributed by atoms with Crippen LogP contribution in [0.1, 0.15) is 80.2 Å². The van der Waals surface area contributed by atoms with Gasteiger partial charge in [0.2, 0.25) is 35.4 Å². The van der Waals surface area contributed by atoms with E-state index in [-0.39, 0.29) is 56.9 Å². The fourth-order valence-corrected chi connectivity index (χ4v) is 7.98. The number of nitrogens with zero attached hydrogens (tertiary/aromatic N) is 1. The number of hydrogen-bond donors (Lipinski definition) is 9. The van der Waals surface area contributed by atoms with Crippen LogP contribution in [0, 0.1) is 0 Å². The van der Waals surface area contributed by atoms with Crippen LogP contribution >= 0.6 is 0 Å². The number of aliphatic imine (C=N–C) groups is 1. The second-order valence-corrected chi connectivity index (χ2v) is 15.9. The van der Waals surface area contributed by atoms with Crippen molar-refractivity contribution in [2.75, 3.05) is 13.1 Å². The van der Waals surface area contributed by atoms with Crippen molar-refractivity contribution in [3.05, 3.63) is 107 Å². The number of guanidine groups is 1. The number of H-pyrrole nitrogens is 1. The average molecular weight is 849 g/mol. The molecule has 0 saturated carbocycles. The van der Waals surface area contributed by atoms with Crippen LogP contribution in [0.25, 0.3) is 10.9 Å². The zero-order chi connectivity index (χ0) is 44.6. The van der Waals surface area contributed by atoms with Crippen LogP contribution in [0.5, 0.6) is 0 Å². The number of unbranched alkanes of at least 4 members (excludes halogenated alkanes) is 1. The van der Waals surface area contributed by atoms with E-state index in [2.05, 4.69) is 49.6 Å². The Kier molecular flexibility index (Phi) is 16.6. The van der Waals surface area contributed by atoms with Gasteiger partial charge in [-0.15, -0.1) is 0 Å². The lowest BCUT2D eigenvalue weighted by atomic mass is 9.75. The number of benzene rings is 3. The average Bonchev–Trinajstić information content (AvgIpc) is 3.67. The van der Waals surface area contributed by atoms with Crippen molar-refractivity contribution in [2.45, 2.75) is 108 Å². The van der Waals surface area contributed by atoms with Gasteiger partial charge < -0.3 is 48.8 Å². The molecule has 330 valence electrons. The molecule has 1 aliphatic carbocycles. The van der Waals surface area contributed by atoms with Gasteiger partial charge in [-0.3, -0.25) is 33.8 Å². The molecule has 0 fully saturated rings. The normalized spacial score (nSPS) is 15.8. The van der Waals surface area contributed by atoms with Crippen LogP contribution in [-0.2, 0) is 60.9 Å². The molecule has 1 heterocycles. The molecule has 6 amide bonds. The Hall–Kier alpha value is -6.71. The van der Waals surface area contributed by atoms with Crippen molar-refractivity contribution in [2.24, 2.45) is 22.2 Å². The third kappa shape index (κ3) is 12.7.